The second kappa shape index (κ2) is 4.51. The molecule has 1 fully saturated rings. The molecule has 14 heavy (non-hydrogen) atoms. The minimum atomic E-state index is -0.382. The largest absolute Gasteiger partial charge is 0.265 e. The quantitative estimate of drug-likeness (QED) is 0.634. The third-order valence-electron chi connectivity index (χ3n) is 3.69. The zero-order valence-corrected chi connectivity index (χ0v) is 10.4. The molecule has 0 aliphatic carbocycles. The monoisotopic (exact) mass is 202 g/mol. The first-order chi connectivity index (χ1) is 6.77. The van der Waals surface area contributed by atoms with Crippen LogP contribution in [0.2, 0.25) is 15.3 Å². The van der Waals surface area contributed by atoms with Crippen molar-refractivity contribution in [3.05, 3.63) is 35.9 Å². The molecule has 74 valence electrons. The van der Waals surface area contributed by atoms with Crippen molar-refractivity contribution in [3.8, 4) is 0 Å². The normalized spacial score (nSPS) is 21.9. The number of benzene rings is 1. The molecule has 0 nitrogen and oxygen atoms in total. The van der Waals surface area contributed by atoms with Crippen molar-refractivity contribution in [2.75, 3.05) is 0 Å². The van der Waals surface area contributed by atoms with Crippen LogP contribution in [0.4, 0.5) is 0 Å². The molecule has 1 aliphatic rings. The summed E-state index contributed by atoms with van der Waals surface area (Å²) in [5.41, 5.74) is 1.59. The van der Waals surface area contributed by atoms with E-state index in [0.29, 0.717) is 0 Å². The Morgan fingerprint density at radius 1 is 1.21 bits per heavy atom. The average molecular weight is 202 g/mol. The van der Waals surface area contributed by atoms with Crippen LogP contribution in [0.15, 0.2) is 30.3 Å². The predicted octanol–water partition coefficient (Wildman–Crippen LogP) is 4.08. The van der Waals surface area contributed by atoms with Gasteiger partial charge in [0.15, 0.2) is 0 Å². The Kier molecular flexibility index (Phi) is 3.31. The van der Waals surface area contributed by atoms with Gasteiger partial charge in [-0.15, -0.1) is 0 Å². The average Bonchev–Trinajstić information content (AvgIpc) is 2.68. The van der Waals surface area contributed by atoms with Gasteiger partial charge in [0.2, 0.25) is 0 Å². The lowest BCUT2D eigenvalue weighted by Gasteiger charge is -2.11. The first-order valence-electron chi connectivity index (χ1n) is 5.82. The molecule has 0 unspecified atom stereocenters. The lowest BCUT2D eigenvalue weighted by atomic mass is 9.99. The molecule has 0 bridgehead atoms. The van der Waals surface area contributed by atoms with E-state index < -0.39 is 0 Å². The molecular weight excluding hydrogens is 183 g/mol. The molecular formula is C13H19Al. The van der Waals surface area contributed by atoms with Crippen LogP contribution < -0.4 is 0 Å². The Balaban J connectivity index is 2.03. The summed E-state index contributed by atoms with van der Waals surface area (Å²) in [6, 6.07) is 11.1. The van der Waals surface area contributed by atoms with Crippen molar-refractivity contribution in [1.82, 2.24) is 0 Å². The Morgan fingerprint density at radius 3 is 2.50 bits per heavy atom. The number of rotatable bonds is 2. The van der Waals surface area contributed by atoms with E-state index in [4.69, 9.17) is 0 Å². The molecule has 0 amide bonds. The van der Waals surface area contributed by atoms with Gasteiger partial charge < -0.3 is 0 Å². The van der Waals surface area contributed by atoms with Crippen LogP contribution in [0.5, 0.6) is 0 Å². The summed E-state index contributed by atoms with van der Waals surface area (Å²) in [5, 5.41) is 3.11. The zero-order valence-electron chi connectivity index (χ0n) is 9.24. The number of hydrogen-bond donors (Lipinski definition) is 0. The smallest absolute Gasteiger partial charge is 0.0932 e. The molecule has 0 spiro atoms. The molecule has 1 aromatic rings. The van der Waals surface area contributed by atoms with E-state index in [1.807, 2.05) is 0 Å². The summed E-state index contributed by atoms with van der Waals surface area (Å²) in [6.45, 7) is 4.84. The van der Waals surface area contributed by atoms with Crippen molar-refractivity contribution < 1.29 is 0 Å². The van der Waals surface area contributed by atoms with Gasteiger partial charge in [0.25, 0.3) is 14.1 Å². The molecule has 0 saturated carbocycles. The van der Waals surface area contributed by atoms with Crippen molar-refractivity contribution in [3.63, 3.8) is 0 Å². The highest BCUT2D eigenvalue weighted by Gasteiger charge is 2.32. The third kappa shape index (κ3) is 2.22. The van der Waals surface area contributed by atoms with Crippen LogP contribution in [0.1, 0.15) is 31.7 Å². The lowest BCUT2D eigenvalue weighted by Crippen LogP contribution is -2.11. The molecule has 1 aromatic carbocycles. The van der Waals surface area contributed by atoms with E-state index in [9.17, 15) is 0 Å². The fourth-order valence-corrected chi connectivity index (χ4v) is 6.17. The van der Waals surface area contributed by atoms with Crippen LogP contribution in [0, 0.1) is 0 Å². The van der Waals surface area contributed by atoms with Gasteiger partial charge in [-0.25, -0.2) is 0 Å². The molecule has 1 heterocycles. The Labute approximate surface area is 91.7 Å². The van der Waals surface area contributed by atoms with E-state index in [-0.39, 0.29) is 14.1 Å². The van der Waals surface area contributed by atoms with Crippen LogP contribution in [0.25, 0.3) is 0 Å². The first kappa shape index (κ1) is 10.3. The van der Waals surface area contributed by atoms with Gasteiger partial charge in [-0.2, -0.15) is 0 Å². The summed E-state index contributed by atoms with van der Waals surface area (Å²) in [7, 11) is 0. The summed E-state index contributed by atoms with van der Waals surface area (Å²) >= 11 is -0.382. The Hall–Kier alpha value is -0.248. The second-order valence-electron chi connectivity index (χ2n) is 4.92. The fraction of sp³-hybridized carbons (Fsp3) is 0.538. The topological polar surface area (TPSA) is 0 Å². The van der Waals surface area contributed by atoms with E-state index >= 15 is 0 Å². The van der Waals surface area contributed by atoms with Crippen LogP contribution >= 0.6 is 0 Å². The summed E-state index contributed by atoms with van der Waals surface area (Å²) in [5.74, 6) is 0.898. The highest BCUT2D eigenvalue weighted by molar-refractivity contribution is 6.61. The van der Waals surface area contributed by atoms with Crippen LogP contribution in [-0.4, -0.2) is 14.1 Å². The van der Waals surface area contributed by atoms with Crippen LogP contribution in [0.3, 0.4) is 0 Å². The fourth-order valence-electron chi connectivity index (χ4n) is 2.65. The maximum absolute atomic E-state index is 2.42. The summed E-state index contributed by atoms with van der Waals surface area (Å²) in [4.78, 5) is 0. The van der Waals surface area contributed by atoms with Gasteiger partial charge in [-0.3, -0.25) is 0 Å². The summed E-state index contributed by atoms with van der Waals surface area (Å²) < 4.78 is 1.00. The maximum atomic E-state index is 2.42. The molecule has 0 radical (unpaired) electrons. The second-order valence-corrected chi connectivity index (χ2v) is 8.83. The van der Waals surface area contributed by atoms with Crippen molar-refractivity contribution in [1.29, 1.82) is 0 Å². The van der Waals surface area contributed by atoms with Crippen LogP contribution in [-0.2, 0) is 0 Å². The molecule has 1 atom stereocenters. The van der Waals surface area contributed by atoms with Gasteiger partial charge in [-0.05, 0) is 11.5 Å². The molecule has 1 aliphatic heterocycles. The minimum absolute atomic E-state index is 0.382. The van der Waals surface area contributed by atoms with E-state index in [0.717, 1.165) is 10.7 Å². The zero-order chi connectivity index (χ0) is 9.97. The standard InChI is InChI=1S/C10H12.C3H7.Al/c1-3-9(2)10-7-5-4-6-8-10;1-3-2;/h4-9H,1-3H2;3H,1-2H3;/t9-;;/m1../s1. The Bertz CT molecular complexity index is 279. The van der Waals surface area contributed by atoms with E-state index in [1.54, 1.807) is 16.1 Å². The predicted molar refractivity (Wildman–Crippen MR) is 64.3 cm³/mol. The Morgan fingerprint density at radius 2 is 1.93 bits per heavy atom. The summed E-state index contributed by atoms with van der Waals surface area (Å²) in [6.07, 6.45) is 1.46. The van der Waals surface area contributed by atoms with Crippen molar-refractivity contribution in [2.24, 2.45) is 0 Å². The van der Waals surface area contributed by atoms with Crippen molar-refractivity contribution >= 4 is 14.1 Å². The minimum Gasteiger partial charge on any atom is -0.0932 e. The maximum Gasteiger partial charge on any atom is 0.265 e. The highest BCUT2D eigenvalue weighted by atomic mass is 27.2. The third-order valence-corrected chi connectivity index (χ3v) is 7.82. The van der Waals surface area contributed by atoms with Gasteiger partial charge in [0.05, 0.1) is 0 Å². The molecule has 2 rings (SSSR count). The molecule has 1 saturated heterocycles. The number of hydrogen-bond acceptors (Lipinski definition) is 0. The molecule has 0 aromatic heterocycles. The molecule has 0 N–H and O–H groups in total. The lowest BCUT2D eigenvalue weighted by molar-refractivity contribution is 0.770. The highest BCUT2D eigenvalue weighted by Crippen LogP contribution is 2.38. The van der Waals surface area contributed by atoms with Gasteiger partial charge in [0, 0.05) is 0 Å². The first-order valence-corrected chi connectivity index (χ1v) is 8.12. The van der Waals surface area contributed by atoms with E-state index in [1.165, 1.54) is 6.42 Å². The van der Waals surface area contributed by atoms with Gasteiger partial charge in [0.1, 0.15) is 0 Å². The SMILES string of the molecule is C[CH](C)[Al]1[CH2]C[C@H](c2ccccc2)[CH2]1. The van der Waals surface area contributed by atoms with E-state index in [2.05, 4.69) is 44.2 Å². The van der Waals surface area contributed by atoms with Gasteiger partial charge in [-0.1, -0.05) is 65.9 Å². The van der Waals surface area contributed by atoms with Gasteiger partial charge >= 0.3 is 0 Å². The van der Waals surface area contributed by atoms with Crippen molar-refractivity contribution in [2.45, 2.75) is 41.5 Å². The molecule has 1 heteroatoms.